The molecule has 3 rings (SSSR count). The van der Waals surface area contributed by atoms with E-state index in [2.05, 4.69) is 38.2 Å². The summed E-state index contributed by atoms with van der Waals surface area (Å²) in [4.78, 5) is 8.98. The van der Waals surface area contributed by atoms with Crippen LogP contribution in [0.3, 0.4) is 0 Å². The minimum Gasteiger partial charge on any atom is -0.352 e. The Kier molecular flexibility index (Phi) is 4.28. The van der Waals surface area contributed by atoms with Crippen LogP contribution in [0.25, 0.3) is 11.0 Å². The zero-order valence-electron chi connectivity index (χ0n) is 11.1. The van der Waals surface area contributed by atoms with Crippen LogP contribution < -0.4 is 10.6 Å². The fourth-order valence-electron chi connectivity index (χ4n) is 2.18. The van der Waals surface area contributed by atoms with E-state index >= 15 is 0 Å². The van der Waals surface area contributed by atoms with Crippen LogP contribution in [0.4, 0.5) is 0 Å². The Bertz CT molecular complexity index is 604. The SMILES string of the molecule is CC1CN=C(NCc2nc3ccccc3n2C)N1.I. The fraction of sp³-hybridized carbons (Fsp3) is 0.385. The highest BCUT2D eigenvalue weighted by molar-refractivity contribution is 14.0. The molecule has 1 aromatic heterocycles. The maximum Gasteiger partial charge on any atom is 0.191 e. The van der Waals surface area contributed by atoms with Gasteiger partial charge in [-0.05, 0) is 19.1 Å². The number of hydrogen-bond acceptors (Lipinski definition) is 4. The summed E-state index contributed by atoms with van der Waals surface area (Å²) in [7, 11) is 2.04. The summed E-state index contributed by atoms with van der Waals surface area (Å²) >= 11 is 0. The first-order valence-electron chi connectivity index (χ1n) is 6.19. The molecular formula is C13H18IN5. The van der Waals surface area contributed by atoms with Gasteiger partial charge >= 0.3 is 0 Å². The van der Waals surface area contributed by atoms with Crippen molar-refractivity contribution in [2.24, 2.45) is 12.0 Å². The number of halogens is 1. The molecule has 2 N–H and O–H groups in total. The number of benzene rings is 1. The number of aryl methyl sites for hydroxylation is 1. The second kappa shape index (κ2) is 5.77. The minimum absolute atomic E-state index is 0. The van der Waals surface area contributed by atoms with Gasteiger partial charge in [-0.25, -0.2) is 4.98 Å². The van der Waals surface area contributed by atoms with E-state index in [0.717, 1.165) is 29.4 Å². The Morgan fingerprint density at radius 1 is 1.42 bits per heavy atom. The van der Waals surface area contributed by atoms with E-state index in [1.54, 1.807) is 0 Å². The number of rotatable bonds is 2. The monoisotopic (exact) mass is 371 g/mol. The van der Waals surface area contributed by atoms with Crippen LogP contribution in [0, 0.1) is 0 Å². The second-order valence-corrected chi connectivity index (χ2v) is 4.66. The van der Waals surface area contributed by atoms with Gasteiger partial charge in [-0.3, -0.25) is 4.99 Å². The quantitative estimate of drug-likeness (QED) is 0.790. The van der Waals surface area contributed by atoms with Crippen molar-refractivity contribution in [2.75, 3.05) is 6.54 Å². The maximum atomic E-state index is 4.61. The molecular weight excluding hydrogens is 353 g/mol. The van der Waals surface area contributed by atoms with Crippen molar-refractivity contribution in [2.45, 2.75) is 19.5 Å². The molecule has 2 aromatic rings. The van der Waals surface area contributed by atoms with Gasteiger partial charge in [0.05, 0.1) is 24.1 Å². The molecule has 2 heterocycles. The van der Waals surface area contributed by atoms with E-state index in [-0.39, 0.29) is 24.0 Å². The van der Waals surface area contributed by atoms with Gasteiger partial charge in [0.15, 0.2) is 5.96 Å². The van der Waals surface area contributed by atoms with Crippen LogP contribution in [0.1, 0.15) is 12.7 Å². The average Bonchev–Trinajstić information content (AvgIpc) is 2.92. The van der Waals surface area contributed by atoms with Crippen molar-refractivity contribution in [1.82, 2.24) is 20.2 Å². The van der Waals surface area contributed by atoms with E-state index in [9.17, 15) is 0 Å². The maximum absolute atomic E-state index is 4.61. The van der Waals surface area contributed by atoms with E-state index in [1.807, 2.05) is 25.2 Å². The molecule has 0 aliphatic carbocycles. The molecule has 5 nitrogen and oxygen atoms in total. The van der Waals surface area contributed by atoms with Crippen molar-refractivity contribution in [3.63, 3.8) is 0 Å². The van der Waals surface area contributed by atoms with Crippen LogP contribution in [0.2, 0.25) is 0 Å². The molecule has 0 spiro atoms. The largest absolute Gasteiger partial charge is 0.352 e. The van der Waals surface area contributed by atoms with Gasteiger partial charge in [0.25, 0.3) is 0 Å². The smallest absolute Gasteiger partial charge is 0.191 e. The molecule has 6 heteroatoms. The molecule has 102 valence electrons. The molecule has 0 amide bonds. The molecule has 0 bridgehead atoms. The molecule has 1 aromatic carbocycles. The van der Waals surface area contributed by atoms with Gasteiger partial charge in [-0.15, -0.1) is 24.0 Å². The van der Waals surface area contributed by atoms with Gasteiger partial charge < -0.3 is 15.2 Å². The third kappa shape index (κ3) is 2.83. The Labute approximate surface area is 129 Å². The highest BCUT2D eigenvalue weighted by Crippen LogP contribution is 2.13. The van der Waals surface area contributed by atoms with Gasteiger partial charge in [0.1, 0.15) is 5.82 Å². The van der Waals surface area contributed by atoms with E-state index in [0.29, 0.717) is 12.6 Å². The predicted molar refractivity (Wildman–Crippen MR) is 87.9 cm³/mol. The lowest BCUT2D eigenvalue weighted by molar-refractivity contribution is 0.702. The summed E-state index contributed by atoms with van der Waals surface area (Å²) in [6, 6.07) is 8.58. The Balaban J connectivity index is 0.00000133. The van der Waals surface area contributed by atoms with E-state index < -0.39 is 0 Å². The number of nitrogens with one attached hydrogen (secondary N) is 2. The molecule has 0 saturated carbocycles. The number of imidazole rings is 1. The van der Waals surface area contributed by atoms with Crippen molar-refractivity contribution in [3.8, 4) is 0 Å². The van der Waals surface area contributed by atoms with Crippen LogP contribution in [0.15, 0.2) is 29.3 Å². The molecule has 1 aliphatic rings. The molecule has 0 fully saturated rings. The third-order valence-electron chi connectivity index (χ3n) is 3.20. The normalized spacial score (nSPS) is 17.8. The topological polar surface area (TPSA) is 54.2 Å². The van der Waals surface area contributed by atoms with E-state index in [4.69, 9.17) is 0 Å². The number of hydrogen-bond donors (Lipinski definition) is 2. The first-order valence-corrected chi connectivity index (χ1v) is 6.19. The van der Waals surface area contributed by atoms with Crippen molar-refractivity contribution >= 4 is 41.0 Å². The third-order valence-corrected chi connectivity index (χ3v) is 3.20. The Morgan fingerprint density at radius 3 is 2.89 bits per heavy atom. The molecule has 0 radical (unpaired) electrons. The van der Waals surface area contributed by atoms with E-state index in [1.165, 1.54) is 0 Å². The second-order valence-electron chi connectivity index (χ2n) is 4.66. The summed E-state index contributed by atoms with van der Waals surface area (Å²) in [6.45, 7) is 3.64. The minimum atomic E-state index is 0. The highest BCUT2D eigenvalue weighted by Gasteiger charge is 2.13. The first-order chi connectivity index (χ1) is 8.74. The molecule has 1 aliphatic heterocycles. The Morgan fingerprint density at radius 2 is 2.21 bits per heavy atom. The van der Waals surface area contributed by atoms with Crippen molar-refractivity contribution in [3.05, 3.63) is 30.1 Å². The molecule has 0 saturated heterocycles. The predicted octanol–water partition coefficient (Wildman–Crippen LogP) is 1.63. The molecule has 19 heavy (non-hydrogen) atoms. The summed E-state index contributed by atoms with van der Waals surface area (Å²) in [6.07, 6.45) is 0. The number of aliphatic imine (C=N–C) groups is 1. The lowest BCUT2D eigenvalue weighted by Crippen LogP contribution is -2.37. The standard InChI is InChI=1S/C13H17N5.HI/c1-9-7-14-13(16-9)15-8-12-17-10-5-3-4-6-11(10)18(12)2;/h3-6,9H,7-8H2,1-2H3,(H2,14,15,16);1H. The zero-order valence-corrected chi connectivity index (χ0v) is 13.4. The number of para-hydroxylation sites is 2. The van der Waals surface area contributed by atoms with Crippen molar-refractivity contribution in [1.29, 1.82) is 0 Å². The number of nitrogens with zero attached hydrogens (tertiary/aromatic N) is 3. The van der Waals surface area contributed by atoms with Crippen molar-refractivity contribution < 1.29 is 0 Å². The summed E-state index contributed by atoms with van der Waals surface area (Å²) in [5.41, 5.74) is 2.19. The number of fused-ring (bicyclic) bond motifs is 1. The van der Waals surface area contributed by atoms with Gasteiger partial charge in [-0.1, -0.05) is 12.1 Å². The average molecular weight is 371 g/mol. The zero-order chi connectivity index (χ0) is 12.5. The first kappa shape index (κ1) is 14.1. The number of guanidine groups is 1. The van der Waals surface area contributed by atoms with Crippen LogP contribution in [-0.4, -0.2) is 28.1 Å². The summed E-state index contributed by atoms with van der Waals surface area (Å²) in [5, 5.41) is 6.56. The fourth-order valence-corrected chi connectivity index (χ4v) is 2.18. The lowest BCUT2D eigenvalue weighted by Gasteiger charge is -2.08. The van der Waals surface area contributed by atoms with Crippen LogP contribution in [-0.2, 0) is 13.6 Å². The molecule has 1 atom stereocenters. The van der Waals surface area contributed by atoms with Gasteiger partial charge in [-0.2, -0.15) is 0 Å². The van der Waals surface area contributed by atoms with Crippen LogP contribution >= 0.6 is 24.0 Å². The highest BCUT2D eigenvalue weighted by atomic mass is 127. The molecule has 1 unspecified atom stereocenters. The summed E-state index contributed by atoms with van der Waals surface area (Å²) < 4.78 is 2.11. The summed E-state index contributed by atoms with van der Waals surface area (Å²) in [5.74, 6) is 1.88. The van der Waals surface area contributed by atoms with Gasteiger partial charge in [0, 0.05) is 13.1 Å². The van der Waals surface area contributed by atoms with Gasteiger partial charge in [0.2, 0.25) is 0 Å². The van der Waals surface area contributed by atoms with Crippen LogP contribution in [0.5, 0.6) is 0 Å². The Hall–Kier alpha value is -1.31. The number of aromatic nitrogens is 2. The lowest BCUT2D eigenvalue weighted by atomic mass is 10.3.